The predicted octanol–water partition coefficient (Wildman–Crippen LogP) is 0.0626. The highest BCUT2D eigenvalue weighted by Crippen LogP contribution is 2.36. The number of hydrogen-bond donors (Lipinski definition) is 2. The Balaban J connectivity index is 2.02. The summed E-state index contributed by atoms with van der Waals surface area (Å²) in [7, 11) is 1.89. The van der Waals surface area contributed by atoms with E-state index in [1.807, 2.05) is 11.9 Å². The van der Waals surface area contributed by atoms with Crippen molar-refractivity contribution in [3.05, 3.63) is 11.6 Å². The number of allylic oxidation sites excluding steroid dienone is 1. The summed E-state index contributed by atoms with van der Waals surface area (Å²) in [5.74, 6) is -0.310. The molecule has 0 saturated carbocycles. The highest BCUT2D eigenvalue weighted by molar-refractivity contribution is 5.87. The van der Waals surface area contributed by atoms with E-state index in [2.05, 4.69) is 0 Å². The summed E-state index contributed by atoms with van der Waals surface area (Å²) >= 11 is 0. The second-order valence-electron chi connectivity index (χ2n) is 5.25. The number of fused-ring (bicyclic) bond motifs is 2. The van der Waals surface area contributed by atoms with E-state index in [-0.39, 0.29) is 24.2 Å². The first kappa shape index (κ1) is 13.5. The molecule has 1 unspecified atom stereocenters. The van der Waals surface area contributed by atoms with E-state index in [1.54, 1.807) is 19.9 Å². The van der Waals surface area contributed by atoms with Crippen molar-refractivity contribution >= 4 is 5.97 Å². The van der Waals surface area contributed by atoms with Crippen LogP contribution in [0.2, 0.25) is 0 Å². The second kappa shape index (κ2) is 4.99. The Hall–Kier alpha value is -0.910. The molecule has 0 aliphatic carbocycles. The number of carbonyl (C=O) groups is 1. The number of carbonyl (C=O) groups excluding carboxylic acids is 1. The van der Waals surface area contributed by atoms with Crippen molar-refractivity contribution in [2.45, 2.75) is 57.1 Å². The first-order chi connectivity index (χ1) is 8.45. The molecule has 5 atom stereocenters. The molecule has 2 fully saturated rings. The number of aliphatic hydroxyl groups is 2. The molecule has 2 rings (SSSR count). The first-order valence-corrected chi connectivity index (χ1v) is 6.37. The van der Waals surface area contributed by atoms with Crippen LogP contribution in [0.4, 0.5) is 0 Å². The zero-order valence-corrected chi connectivity index (χ0v) is 11.0. The molecule has 5 nitrogen and oxygen atoms in total. The molecule has 2 N–H and O–H groups in total. The van der Waals surface area contributed by atoms with Gasteiger partial charge in [0, 0.05) is 30.5 Å². The Morgan fingerprint density at radius 3 is 2.22 bits per heavy atom. The van der Waals surface area contributed by atoms with E-state index in [4.69, 9.17) is 4.74 Å². The molecule has 2 heterocycles. The van der Waals surface area contributed by atoms with Crippen LogP contribution < -0.4 is 0 Å². The Bertz CT molecular complexity index is 342. The van der Waals surface area contributed by atoms with Gasteiger partial charge in [-0.2, -0.15) is 0 Å². The predicted molar refractivity (Wildman–Crippen MR) is 65.9 cm³/mol. The van der Waals surface area contributed by atoms with Crippen LogP contribution in [0.25, 0.3) is 0 Å². The van der Waals surface area contributed by atoms with Crippen LogP contribution in [0, 0.1) is 0 Å². The third-order valence-electron chi connectivity index (χ3n) is 4.22. The van der Waals surface area contributed by atoms with Crippen LogP contribution in [0.15, 0.2) is 11.6 Å². The smallest absolute Gasteiger partial charge is 0.333 e. The van der Waals surface area contributed by atoms with Crippen molar-refractivity contribution in [3.63, 3.8) is 0 Å². The highest BCUT2D eigenvalue weighted by Gasteiger charge is 2.51. The fourth-order valence-corrected chi connectivity index (χ4v) is 2.89. The van der Waals surface area contributed by atoms with Crippen molar-refractivity contribution < 1.29 is 19.7 Å². The van der Waals surface area contributed by atoms with E-state index in [0.717, 1.165) is 0 Å². The summed E-state index contributed by atoms with van der Waals surface area (Å²) in [6, 6.07) is -0.245. The second-order valence-corrected chi connectivity index (χ2v) is 5.25. The lowest BCUT2D eigenvalue weighted by Gasteiger charge is -2.35. The van der Waals surface area contributed by atoms with Gasteiger partial charge >= 0.3 is 5.97 Å². The Labute approximate surface area is 107 Å². The van der Waals surface area contributed by atoms with Crippen LogP contribution in [0.1, 0.15) is 26.7 Å². The van der Waals surface area contributed by atoms with Gasteiger partial charge in [0.25, 0.3) is 0 Å². The number of nitrogens with zero attached hydrogens (tertiary/aromatic N) is 1. The van der Waals surface area contributed by atoms with E-state index in [0.29, 0.717) is 18.4 Å². The van der Waals surface area contributed by atoms with Gasteiger partial charge in [0.15, 0.2) is 0 Å². The summed E-state index contributed by atoms with van der Waals surface area (Å²) in [4.78, 5) is 13.7. The molecule has 102 valence electrons. The van der Waals surface area contributed by atoms with Crippen molar-refractivity contribution in [2.75, 3.05) is 7.05 Å². The van der Waals surface area contributed by atoms with Crippen LogP contribution in [-0.4, -0.2) is 58.5 Å². The van der Waals surface area contributed by atoms with Crippen molar-refractivity contribution in [1.29, 1.82) is 0 Å². The van der Waals surface area contributed by atoms with Gasteiger partial charge in [-0.05, 0) is 20.9 Å². The third kappa shape index (κ3) is 2.18. The number of aliphatic hydroxyl groups excluding tert-OH is 2. The molecule has 5 heteroatoms. The molecular formula is C13H21NO4. The summed E-state index contributed by atoms with van der Waals surface area (Å²) in [6.45, 7) is 3.51. The summed E-state index contributed by atoms with van der Waals surface area (Å²) in [6.07, 6.45) is 1.17. The largest absolute Gasteiger partial charge is 0.459 e. The van der Waals surface area contributed by atoms with Crippen LogP contribution in [-0.2, 0) is 9.53 Å². The average molecular weight is 255 g/mol. The van der Waals surface area contributed by atoms with Crippen molar-refractivity contribution in [2.24, 2.45) is 0 Å². The zero-order chi connectivity index (χ0) is 13.4. The molecule has 2 aliphatic rings. The van der Waals surface area contributed by atoms with Gasteiger partial charge in [-0.15, -0.1) is 0 Å². The fourth-order valence-electron chi connectivity index (χ4n) is 2.89. The summed E-state index contributed by atoms with van der Waals surface area (Å²) < 4.78 is 5.41. The Kier molecular flexibility index (Phi) is 3.75. The van der Waals surface area contributed by atoms with Crippen LogP contribution in [0.5, 0.6) is 0 Å². The molecule has 0 aromatic rings. The number of likely N-dealkylation sites (N-methyl/N-ethyl adjacent to an activating group) is 1. The van der Waals surface area contributed by atoms with Gasteiger partial charge in [-0.3, -0.25) is 4.90 Å². The molecule has 2 saturated heterocycles. The lowest BCUT2D eigenvalue weighted by atomic mass is 10.00. The Morgan fingerprint density at radius 1 is 1.28 bits per heavy atom. The maximum absolute atomic E-state index is 11.7. The minimum Gasteiger partial charge on any atom is -0.459 e. The normalized spacial score (nSPS) is 40.9. The number of rotatable bonds is 2. The Morgan fingerprint density at radius 2 is 1.78 bits per heavy atom. The maximum atomic E-state index is 11.7. The lowest BCUT2D eigenvalue weighted by Crippen LogP contribution is -2.46. The van der Waals surface area contributed by atoms with Crippen LogP contribution >= 0.6 is 0 Å². The number of esters is 1. The zero-order valence-electron chi connectivity index (χ0n) is 11.0. The number of piperidine rings is 1. The molecule has 2 aliphatic heterocycles. The van der Waals surface area contributed by atoms with Gasteiger partial charge in [0.05, 0.1) is 12.2 Å². The van der Waals surface area contributed by atoms with Gasteiger partial charge in [0.2, 0.25) is 0 Å². The fraction of sp³-hybridized carbons (Fsp3) is 0.769. The topological polar surface area (TPSA) is 70.0 Å². The maximum Gasteiger partial charge on any atom is 0.333 e. The monoisotopic (exact) mass is 255 g/mol. The minimum atomic E-state index is -0.744. The molecule has 18 heavy (non-hydrogen) atoms. The van der Waals surface area contributed by atoms with Gasteiger partial charge in [-0.25, -0.2) is 4.79 Å². The van der Waals surface area contributed by atoms with Crippen molar-refractivity contribution in [3.8, 4) is 0 Å². The van der Waals surface area contributed by atoms with Crippen molar-refractivity contribution in [1.82, 2.24) is 4.90 Å². The first-order valence-electron chi connectivity index (χ1n) is 6.37. The number of hydrogen-bond acceptors (Lipinski definition) is 5. The summed E-state index contributed by atoms with van der Waals surface area (Å²) in [5.41, 5.74) is 0.586. The quantitative estimate of drug-likeness (QED) is 0.539. The summed E-state index contributed by atoms with van der Waals surface area (Å²) in [5, 5.41) is 19.8. The van der Waals surface area contributed by atoms with E-state index >= 15 is 0 Å². The van der Waals surface area contributed by atoms with E-state index in [9.17, 15) is 15.0 Å². The molecular weight excluding hydrogens is 234 g/mol. The van der Waals surface area contributed by atoms with Crippen LogP contribution in [0.3, 0.4) is 0 Å². The van der Waals surface area contributed by atoms with Gasteiger partial charge < -0.3 is 14.9 Å². The number of ether oxygens (including phenoxy) is 1. The molecule has 0 spiro atoms. The van der Waals surface area contributed by atoms with E-state index in [1.165, 1.54) is 0 Å². The molecule has 0 aromatic heterocycles. The molecule has 2 bridgehead atoms. The average Bonchev–Trinajstić information content (AvgIpc) is 2.50. The van der Waals surface area contributed by atoms with Gasteiger partial charge in [-0.1, -0.05) is 6.08 Å². The van der Waals surface area contributed by atoms with E-state index < -0.39 is 12.2 Å². The molecule has 0 amide bonds. The SMILES string of the molecule is CC=C(C)C(=O)OC1C[C@@H]2[C@@H](O)[C@@H](O)[C@H](C1)N2C. The third-order valence-corrected chi connectivity index (χ3v) is 4.22. The molecule has 0 radical (unpaired) electrons. The van der Waals surface area contributed by atoms with Gasteiger partial charge in [0.1, 0.15) is 6.10 Å². The standard InChI is InChI=1S/C13H21NO4/c1-4-7(2)13(17)18-8-5-9-11(15)12(16)10(6-8)14(9)3/h4,8-12,15-16H,5-6H2,1-3H3/t8?,9-,10+,11-,12+. The molecule has 0 aromatic carbocycles. The highest BCUT2D eigenvalue weighted by atomic mass is 16.5. The lowest BCUT2D eigenvalue weighted by molar-refractivity contribution is -0.148. The minimum absolute atomic E-state index is 0.123.